The van der Waals surface area contributed by atoms with E-state index in [-0.39, 0.29) is 0 Å². The minimum Gasteiger partial charge on any atom is -0.497 e. The topological polar surface area (TPSA) is 39.1 Å². The molecule has 2 aromatic heterocycles. The SMILES string of the molecule is COc1ccc(C[n+]2ccc(-c3ncc(-c4ccccc4)o3)cc2)cc1. The average Bonchev–Trinajstić information content (AvgIpc) is 3.20. The van der Waals surface area contributed by atoms with Crippen molar-refractivity contribution in [1.82, 2.24) is 4.98 Å². The molecule has 4 heteroatoms. The van der Waals surface area contributed by atoms with Gasteiger partial charge in [0.25, 0.3) is 0 Å². The van der Waals surface area contributed by atoms with E-state index >= 15 is 0 Å². The molecule has 4 rings (SSSR count). The van der Waals surface area contributed by atoms with Crippen molar-refractivity contribution in [1.29, 1.82) is 0 Å². The third-order valence-electron chi connectivity index (χ3n) is 4.23. The van der Waals surface area contributed by atoms with Gasteiger partial charge in [0.05, 0.1) is 13.3 Å². The van der Waals surface area contributed by atoms with Gasteiger partial charge in [0, 0.05) is 28.8 Å². The maximum atomic E-state index is 5.91. The summed E-state index contributed by atoms with van der Waals surface area (Å²) in [4.78, 5) is 4.41. The minimum absolute atomic E-state index is 0.625. The van der Waals surface area contributed by atoms with Crippen LogP contribution in [-0.2, 0) is 6.54 Å². The molecule has 0 aliphatic rings. The predicted octanol–water partition coefficient (Wildman–Crippen LogP) is 4.35. The molecule has 0 spiro atoms. The summed E-state index contributed by atoms with van der Waals surface area (Å²) in [5, 5.41) is 0. The minimum atomic E-state index is 0.625. The van der Waals surface area contributed by atoms with E-state index in [2.05, 4.69) is 21.7 Å². The van der Waals surface area contributed by atoms with Crippen LogP contribution in [0.25, 0.3) is 22.8 Å². The van der Waals surface area contributed by atoms with Gasteiger partial charge in [-0.1, -0.05) is 30.3 Å². The zero-order valence-corrected chi connectivity index (χ0v) is 14.5. The Bertz CT molecular complexity index is 975. The molecular weight excluding hydrogens is 324 g/mol. The second kappa shape index (κ2) is 7.23. The van der Waals surface area contributed by atoms with Crippen molar-refractivity contribution < 1.29 is 13.7 Å². The van der Waals surface area contributed by atoms with Crippen LogP contribution in [0.1, 0.15) is 5.56 Å². The molecule has 0 radical (unpaired) electrons. The van der Waals surface area contributed by atoms with E-state index in [0.717, 1.165) is 29.2 Å². The van der Waals surface area contributed by atoms with Gasteiger partial charge < -0.3 is 9.15 Å². The first kappa shape index (κ1) is 16.1. The standard InChI is InChI=1S/C22H19N2O2/c1-25-20-9-7-17(8-10-20)16-24-13-11-19(12-14-24)22-23-15-21(26-22)18-5-3-2-4-6-18/h2-15H,16H2,1H3/q+1. The Labute approximate surface area is 152 Å². The monoisotopic (exact) mass is 343 g/mol. The molecule has 0 atom stereocenters. The Morgan fingerprint density at radius 2 is 1.62 bits per heavy atom. The summed E-state index contributed by atoms with van der Waals surface area (Å²) < 4.78 is 13.2. The Morgan fingerprint density at radius 1 is 0.885 bits per heavy atom. The molecular formula is C22H19N2O2+. The van der Waals surface area contributed by atoms with Crippen LogP contribution in [0.3, 0.4) is 0 Å². The highest BCUT2D eigenvalue weighted by Crippen LogP contribution is 2.25. The number of nitrogens with zero attached hydrogens (tertiary/aromatic N) is 2. The first-order valence-corrected chi connectivity index (χ1v) is 8.45. The summed E-state index contributed by atoms with van der Waals surface area (Å²) in [5.74, 6) is 2.27. The lowest BCUT2D eigenvalue weighted by atomic mass is 10.2. The van der Waals surface area contributed by atoms with Gasteiger partial charge in [-0.15, -0.1) is 0 Å². The molecule has 2 aromatic carbocycles. The fourth-order valence-corrected chi connectivity index (χ4v) is 2.79. The highest BCUT2D eigenvalue weighted by Gasteiger charge is 2.10. The molecule has 0 fully saturated rings. The Balaban J connectivity index is 1.50. The maximum absolute atomic E-state index is 5.91. The van der Waals surface area contributed by atoms with Crippen LogP contribution >= 0.6 is 0 Å². The molecule has 0 aliphatic carbocycles. The van der Waals surface area contributed by atoms with Gasteiger partial charge in [0.2, 0.25) is 5.89 Å². The average molecular weight is 343 g/mol. The van der Waals surface area contributed by atoms with Crippen molar-refractivity contribution in [3.8, 4) is 28.5 Å². The number of rotatable bonds is 5. The molecule has 0 saturated carbocycles. The summed E-state index contributed by atoms with van der Waals surface area (Å²) in [5.41, 5.74) is 3.20. The Morgan fingerprint density at radius 3 is 2.31 bits per heavy atom. The molecule has 0 amide bonds. The number of oxazole rings is 1. The van der Waals surface area contributed by atoms with Crippen LogP contribution in [0.2, 0.25) is 0 Å². The fourth-order valence-electron chi connectivity index (χ4n) is 2.79. The lowest BCUT2D eigenvalue weighted by Gasteiger charge is -2.01. The van der Waals surface area contributed by atoms with Gasteiger partial charge in [-0.05, 0) is 24.3 Å². The highest BCUT2D eigenvalue weighted by molar-refractivity contribution is 5.60. The lowest BCUT2D eigenvalue weighted by Crippen LogP contribution is -2.32. The number of pyridine rings is 1. The fraction of sp³-hybridized carbons (Fsp3) is 0.0909. The Hall–Kier alpha value is -3.40. The van der Waals surface area contributed by atoms with Gasteiger partial charge in [-0.2, -0.15) is 0 Å². The number of aromatic nitrogens is 2. The van der Waals surface area contributed by atoms with Gasteiger partial charge in [0.15, 0.2) is 24.7 Å². The van der Waals surface area contributed by atoms with E-state index in [1.54, 1.807) is 13.3 Å². The predicted molar refractivity (Wildman–Crippen MR) is 99.7 cm³/mol. The largest absolute Gasteiger partial charge is 0.497 e. The molecule has 0 unspecified atom stereocenters. The summed E-state index contributed by atoms with van der Waals surface area (Å²) >= 11 is 0. The molecule has 0 bridgehead atoms. The van der Waals surface area contributed by atoms with E-state index < -0.39 is 0 Å². The summed E-state index contributed by atoms with van der Waals surface area (Å²) in [6.45, 7) is 0.797. The van der Waals surface area contributed by atoms with Gasteiger partial charge >= 0.3 is 0 Å². The first-order chi connectivity index (χ1) is 12.8. The number of hydrogen-bond donors (Lipinski definition) is 0. The highest BCUT2D eigenvalue weighted by atomic mass is 16.5. The number of ether oxygens (including phenoxy) is 1. The van der Waals surface area contributed by atoms with Crippen molar-refractivity contribution in [2.45, 2.75) is 6.54 Å². The van der Waals surface area contributed by atoms with Crippen LogP contribution in [0.15, 0.2) is 89.7 Å². The normalized spacial score (nSPS) is 10.7. The third kappa shape index (κ3) is 3.49. The van der Waals surface area contributed by atoms with Gasteiger partial charge in [-0.3, -0.25) is 0 Å². The smallest absolute Gasteiger partial charge is 0.227 e. The van der Waals surface area contributed by atoms with E-state index in [1.807, 2.05) is 67.0 Å². The van der Waals surface area contributed by atoms with Crippen molar-refractivity contribution >= 4 is 0 Å². The third-order valence-corrected chi connectivity index (χ3v) is 4.23. The van der Waals surface area contributed by atoms with Crippen LogP contribution < -0.4 is 9.30 Å². The van der Waals surface area contributed by atoms with E-state index in [1.165, 1.54) is 5.56 Å². The number of hydrogen-bond acceptors (Lipinski definition) is 3. The zero-order valence-electron chi connectivity index (χ0n) is 14.5. The number of benzene rings is 2. The first-order valence-electron chi connectivity index (χ1n) is 8.45. The summed E-state index contributed by atoms with van der Waals surface area (Å²) in [6.07, 6.45) is 5.83. The van der Waals surface area contributed by atoms with Crippen molar-refractivity contribution in [3.05, 3.63) is 90.9 Å². The van der Waals surface area contributed by atoms with Crippen molar-refractivity contribution in [3.63, 3.8) is 0 Å². The molecule has 4 aromatic rings. The number of methoxy groups -OCH3 is 1. The zero-order chi connectivity index (χ0) is 17.8. The van der Waals surface area contributed by atoms with E-state index in [9.17, 15) is 0 Å². The van der Waals surface area contributed by atoms with E-state index in [4.69, 9.17) is 9.15 Å². The molecule has 0 aliphatic heterocycles. The van der Waals surface area contributed by atoms with Crippen molar-refractivity contribution in [2.24, 2.45) is 0 Å². The van der Waals surface area contributed by atoms with Crippen LogP contribution in [0.4, 0.5) is 0 Å². The Kier molecular flexibility index (Phi) is 4.48. The summed E-state index contributed by atoms with van der Waals surface area (Å²) in [7, 11) is 1.67. The van der Waals surface area contributed by atoms with Crippen molar-refractivity contribution in [2.75, 3.05) is 7.11 Å². The van der Waals surface area contributed by atoms with Gasteiger partial charge in [-0.25, -0.2) is 9.55 Å². The van der Waals surface area contributed by atoms with Crippen LogP contribution in [0, 0.1) is 0 Å². The lowest BCUT2D eigenvalue weighted by molar-refractivity contribution is -0.688. The molecule has 0 N–H and O–H groups in total. The second-order valence-electron chi connectivity index (χ2n) is 6.00. The molecule has 0 saturated heterocycles. The molecule has 2 heterocycles. The van der Waals surface area contributed by atoms with E-state index in [0.29, 0.717) is 5.89 Å². The van der Waals surface area contributed by atoms with Crippen LogP contribution in [0.5, 0.6) is 5.75 Å². The molecule has 4 nitrogen and oxygen atoms in total. The second-order valence-corrected chi connectivity index (χ2v) is 6.00. The summed E-state index contributed by atoms with van der Waals surface area (Å²) in [6, 6.07) is 22.1. The quantitative estimate of drug-likeness (QED) is 0.506. The van der Waals surface area contributed by atoms with Gasteiger partial charge in [0.1, 0.15) is 5.75 Å². The molecule has 128 valence electrons. The maximum Gasteiger partial charge on any atom is 0.227 e. The molecule has 26 heavy (non-hydrogen) atoms. The van der Waals surface area contributed by atoms with Crippen LogP contribution in [-0.4, -0.2) is 12.1 Å².